The lowest BCUT2D eigenvalue weighted by molar-refractivity contribution is -0.115. The third-order valence-electron chi connectivity index (χ3n) is 5.18. The van der Waals surface area contributed by atoms with Gasteiger partial charge in [0.25, 0.3) is 0 Å². The van der Waals surface area contributed by atoms with Crippen molar-refractivity contribution in [2.24, 2.45) is 0 Å². The molecule has 0 atom stereocenters. The molecule has 0 unspecified atom stereocenters. The van der Waals surface area contributed by atoms with E-state index in [1.807, 2.05) is 0 Å². The molecule has 1 amide bonds. The summed E-state index contributed by atoms with van der Waals surface area (Å²) in [5.74, 6) is -1.95. The summed E-state index contributed by atoms with van der Waals surface area (Å²) in [6, 6.07) is 4.49. The second-order valence-electron chi connectivity index (χ2n) is 7.53. The molecule has 0 bridgehead atoms. The molecule has 0 aliphatic carbocycles. The third-order valence-corrected chi connectivity index (χ3v) is 8.04. The van der Waals surface area contributed by atoms with Gasteiger partial charge in [0.2, 0.25) is 5.91 Å². The number of thiophene rings is 1. The van der Waals surface area contributed by atoms with Gasteiger partial charge in [0.15, 0.2) is 9.84 Å². The fourth-order valence-corrected chi connectivity index (χ4v) is 6.18. The Balaban J connectivity index is 1.75. The topological polar surface area (TPSA) is 92.8 Å². The van der Waals surface area contributed by atoms with Gasteiger partial charge in [0, 0.05) is 24.4 Å². The molecule has 32 heavy (non-hydrogen) atoms. The predicted molar refractivity (Wildman–Crippen MR) is 121 cm³/mol. The van der Waals surface area contributed by atoms with Crippen LogP contribution in [0.25, 0.3) is 0 Å². The molecule has 2 heterocycles. The van der Waals surface area contributed by atoms with Crippen molar-refractivity contribution in [1.29, 1.82) is 0 Å². The van der Waals surface area contributed by atoms with E-state index in [-0.39, 0.29) is 17.9 Å². The zero-order valence-electron chi connectivity index (χ0n) is 18.1. The van der Waals surface area contributed by atoms with Crippen LogP contribution in [-0.2, 0) is 32.3 Å². The summed E-state index contributed by atoms with van der Waals surface area (Å²) in [4.78, 5) is 28.5. The number of ether oxygens (including phenoxy) is 1. The van der Waals surface area contributed by atoms with Crippen molar-refractivity contribution in [2.75, 3.05) is 30.8 Å². The number of fused-ring (bicyclic) bond motifs is 1. The van der Waals surface area contributed by atoms with E-state index < -0.39 is 33.3 Å². The zero-order chi connectivity index (χ0) is 23.3. The molecule has 7 nitrogen and oxygen atoms in total. The van der Waals surface area contributed by atoms with E-state index in [4.69, 9.17) is 4.74 Å². The van der Waals surface area contributed by atoms with E-state index in [1.54, 1.807) is 6.92 Å². The highest BCUT2D eigenvalue weighted by molar-refractivity contribution is 7.91. The van der Waals surface area contributed by atoms with Gasteiger partial charge in [-0.05, 0) is 56.1 Å². The lowest BCUT2D eigenvalue weighted by Gasteiger charge is -2.26. The largest absolute Gasteiger partial charge is 0.462 e. The van der Waals surface area contributed by atoms with E-state index in [2.05, 4.69) is 17.1 Å². The van der Waals surface area contributed by atoms with E-state index in [9.17, 15) is 22.4 Å². The number of rotatable bonds is 9. The molecule has 1 aliphatic heterocycles. The smallest absolute Gasteiger partial charge is 0.341 e. The predicted octanol–water partition coefficient (Wildman–Crippen LogP) is 3.63. The maximum atomic E-state index is 13.1. The number of sulfone groups is 1. The van der Waals surface area contributed by atoms with Gasteiger partial charge in [-0.15, -0.1) is 11.3 Å². The van der Waals surface area contributed by atoms with Crippen molar-refractivity contribution >= 4 is 38.1 Å². The van der Waals surface area contributed by atoms with Crippen LogP contribution in [0.5, 0.6) is 0 Å². The normalized spacial score (nSPS) is 14.1. The van der Waals surface area contributed by atoms with Gasteiger partial charge >= 0.3 is 5.97 Å². The Morgan fingerprint density at radius 2 is 1.94 bits per heavy atom. The molecule has 3 rings (SSSR count). The molecule has 0 spiro atoms. The van der Waals surface area contributed by atoms with Gasteiger partial charge < -0.3 is 10.1 Å². The number of carbonyl (C=O) groups excluding carboxylic acids is 2. The van der Waals surface area contributed by atoms with Crippen LogP contribution < -0.4 is 5.32 Å². The number of amides is 1. The first-order valence-electron chi connectivity index (χ1n) is 10.6. The number of carbonyl (C=O) groups is 2. The molecule has 174 valence electrons. The van der Waals surface area contributed by atoms with Crippen LogP contribution in [-0.4, -0.2) is 50.6 Å². The summed E-state index contributed by atoms with van der Waals surface area (Å²) in [5.41, 5.74) is 1.27. The van der Waals surface area contributed by atoms with Gasteiger partial charge in [-0.3, -0.25) is 9.69 Å². The molecule has 1 N–H and O–H groups in total. The lowest BCUT2D eigenvalue weighted by atomic mass is 10.0. The Morgan fingerprint density at radius 1 is 1.22 bits per heavy atom. The molecule has 0 saturated heterocycles. The summed E-state index contributed by atoms with van der Waals surface area (Å²) in [6.45, 7) is 6.53. The summed E-state index contributed by atoms with van der Waals surface area (Å²) in [6.07, 6.45) is 1.43. The summed E-state index contributed by atoms with van der Waals surface area (Å²) in [7, 11) is -3.74. The quantitative estimate of drug-likeness (QED) is 0.433. The Morgan fingerprint density at radius 3 is 2.59 bits per heavy atom. The molecular weight excluding hydrogens is 455 g/mol. The molecule has 1 aromatic heterocycles. The fourth-order valence-electron chi connectivity index (χ4n) is 3.65. The highest BCUT2D eigenvalue weighted by atomic mass is 32.2. The third kappa shape index (κ3) is 5.73. The number of halogens is 1. The first-order valence-corrected chi connectivity index (χ1v) is 13.0. The van der Waals surface area contributed by atoms with E-state index in [0.29, 0.717) is 23.5 Å². The van der Waals surface area contributed by atoms with Crippen molar-refractivity contribution in [2.45, 2.75) is 44.6 Å². The highest BCUT2D eigenvalue weighted by Crippen LogP contribution is 2.37. The molecule has 0 radical (unpaired) electrons. The molecule has 1 aromatic carbocycles. The Hall–Kier alpha value is -2.30. The van der Waals surface area contributed by atoms with Crippen LogP contribution in [0.15, 0.2) is 29.2 Å². The number of benzene rings is 1. The van der Waals surface area contributed by atoms with Crippen molar-refractivity contribution in [3.63, 3.8) is 0 Å². The minimum Gasteiger partial charge on any atom is -0.462 e. The zero-order valence-corrected chi connectivity index (χ0v) is 19.8. The minimum atomic E-state index is -3.74. The summed E-state index contributed by atoms with van der Waals surface area (Å²) < 4.78 is 43.1. The average molecular weight is 483 g/mol. The van der Waals surface area contributed by atoms with Crippen molar-refractivity contribution < 1.29 is 27.1 Å². The number of anilines is 1. The molecule has 1 aliphatic rings. The van der Waals surface area contributed by atoms with Crippen LogP contribution in [0.4, 0.5) is 9.39 Å². The van der Waals surface area contributed by atoms with Crippen LogP contribution in [0.3, 0.4) is 0 Å². The number of hydrogen-bond acceptors (Lipinski definition) is 7. The average Bonchev–Trinajstić information content (AvgIpc) is 3.10. The van der Waals surface area contributed by atoms with Gasteiger partial charge in [-0.1, -0.05) is 6.92 Å². The molecule has 0 saturated carbocycles. The summed E-state index contributed by atoms with van der Waals surface area (Å²) >= 11 is 1.34. The van der Waals surface area contributed by atoms with E-state index in [1.165, 1.54) is 23.5 Å². The van der Waals surface area contributed by atoms with Crippen LogP contribution in [0.1, 0.15) is 47.5 Å². The van der Waals surface area contributed by atoms with Gasteiger partial charge in [0.1, 0.15) is 10.8 Å². The molecular formula is C22H27FN2O5S2. The van der Waals surface area contributed by atoms with Crippen LogP contribution in [0, 0.1) is 5.82 Å². The summed E-state index contributed by atoms with van der Waals surface area (Å²) in [5, 5.41) is 3.12. The lowest BCUT2D eigenvalue weighted by Crippen LogP contribution is -2.30. The van der Waals surface area contributed by atoms with Gasteiger partial charge in [0.05, 0.1) is 22.8 Å². The van der Waals surface area contributed by atoms with Crippen molar-refractivity contribution in [3.8, 4) is 0 Å². The Labute approximate surface area is 191 Å². The first kappa shape index (κ1) is 24.3. The molecule has 2 aromatic rings. The second kappa shape index (κ2) is 10.5. The Kier molecular flexibility index (Phi) is 8.02. The fraction of sp³-hybridized carbons (Fsp3) is 0.455. The second-order valence-corrected chi connectivity index (χ2v) is 10.7. The number of nitrogens with zero attached hydrogens (tertiary/aromatic N) is 1. The number of esters is 1. The standard InChI is InChI=1S/C22H27FN2O5S2/c1-3-11-25-12-9-17-18(14-25)31-21(20(17)22(27)30-4-2)24-19(26)10-13-32(28,29)16-7-5-15(23)6-8-16/h5-8H,3-4,9-14H2,1-2H3,(H,24,26). The maximum absolute atomic E-state index is 13.1. The first-order chi connectivity index (χ1) is 15.2. The molecule has 0 fully saturated rings. The maximum Gasteiger partial charge on any atom is 0.341 e. The minimum absolute atomic E-state index is 0.0403. The van der Waals surface area contributed by atoms with Crippen LogP contribution in [0.2, 0.25) is 0 Å². The van der Waals surface area contributed by atoms with Crippen LogP contribution >= 0.6 is 11.3 Å². The van der Waals surface area contributed by atoms with Gasteiger partial charge in [-0.2, -0.15) is 0 Å². The Bertz CT molecular complexity index is 1080. The van der Waals surface area contributed by atoms with Crippen molar-refractivity contribution in [1.82, 2.24) is 4.90 Å². The monoisotopic (exact) mass is 482 g/mol. The SMILES string of the molecule is CCCN1CCc2c(sc(NC(=O)CCS(=O)(=O)c3ccc(F)cc3)c2C(=O)OCC)C1. The number of hydrogen-bond donors (Lipinski definition) is 1. The van der Waals surface area contributed by atoms with Crippen molar-refractivity contribution in [3.05, 3.63) is 46.1 Å². The number of nitrogens with one attached hydrogen (secondary N) is 1. The van der Waals surface area contributed by atoms with E-state index in [0.717, 1.165) is 42.1 Å². The van der Waals surface area contributed by atoms with Gasteiger partial charge in [-0.25, -0.2) is 17.6 Å². The molecule has 10 heteroatoms. The van der Waals surface area contributed by atoms with E-state index >= 15 is 0 Å². The highest BCUT2D eigenvalue weighted by Gasteiger charge is 2.29.